The lowest BCUT2D eigenvalue weighted by Gasteiger charge is -2.20. The minimum absolute atomic E-state index is 0.0134. The van der Waals surface area contributed by atoms with E-state index >= 15 is 0 Å². The van der Waals surface area contributed by atoms with Gasteiger partial charge in [-0.1, -0.05) is 48.5 Å². The maximum atomic E-state index is 12.3. The first kappa shape index (κ1) is 16.1. The lowest BCUT2D eigenvalue weighted by Crippen LogP contribution is -2.33. The quantitative estimate of drug-likeness (QED) is 0.669. The molecule has 4 rings (SSSR count). The molecule has 0 unspecified atom stereocenters. The van der Waals surface area contributed by atoms with Crippen LogP contribution < -0.4 is 0 Å². The number of benzene rings is 3. The summed E-state index contributed by atoms with van der Waals surface area (Å²) < 4.78 is 0. The maximum Gasteiger partial charge on any atom is 0.253 e. The number of amides is 1. The predicted molar refractivity (Wildman–Crippen MR) is 100 cm³/mol. The average Bonchev–Trinajstić information content (AvgIpc) is 3.01. The summed E-state index contributed by atoms with van der Waals surface area (Å²) in [5.41, 5.74) is 1.21. The number of fused-ring (bicyclic) bond motifs is 3. The molecule has 0 aliphatic carbocycles. The van der Waals surface area contributed by atoms with E-state index in [1.54, 1.807) is 19.0 Å². The summed E-state index contributed by atoms with van der Waals surface area (Å²) in [6.07, 6.45) is 0.241. The lowest BCUT2D eigenvalue weighted by atomic mass is 9.91. The highest BCUT2D eigenvalue weighted by atomic mass is 16.7. The van der Waals surface area contributed by atoms with Crippen LogP contribution in [0.15, 0.2) is 54.6 Å². The highest BCUT2D eigenvalue weighted by Gasteiger charge is 2.37. The summed E-state index contributed by atoms with van der Waals surface area (Å²) in [6, 6.07) is 19.2. The fraction of sp³-hybridized carbons (Fsp3) is 0.286. The average molecular weight is 334 g/mol. The molecule has 4 nitrogen and oxygen atoms in total. The molecule has 0 saturated carbocycles. The van der Waals surface area contributed by atoms with Crippen LogP contribution in [0.2, 0.25) is 0 Å². The first-order chi connectivity index (χ1) is 12.1. The van der Waals surface area contributed by atoms with Gasteiger partial charge in [-0.25, -0.2) is 0 Å². The molecule has 1 saturated heterocycles. The van der Waals surface area contributed by atoms with Crippen molar-refractivity contribution in [2.45, 2.75) is 18.6 Å². The molecule has 0 aromatic heterocycles. The summed E-state index contributed by atoms with van der Waals surface area (Å²) in [5.74, 6) is 0.0134. The number of carbonyl (C=O) groups excluding carboxylic acids is 1. The Kier molecular flexibility index (Phi) is 3.94. The van der Waals surface area contributed by atoms with Gasteiger partial charge in [-0.2, -0.15) is 5.06 Å². The van der Waals surface area contributed by atoms with Crippen LogP contribution in [0.4, 0.5) is 0 Å². The highest BCUT2D eigenvalue weighted by Crippen LogP contribution is 2.39. The summed E-state index contributed by atoms with van der Waals surface area (Å²) in [5, 5.41) is 6.77. The van der Waals surface area contributed by atoms with Crippen molar-refractivity contribution in [3.05, 3.63) is 60.2 Å². The Morgan fingerprint density at radius 2 is 1.68 bits per heavy atom. The molecule has 4 heteroatoms. The third-order valence-corrected chi connectivity index (χ3v) is 5.05. The number of rotatable bonds is 2. The van der Waals surface area contributed by atoms with Crippen LogP contribution in [0, 0.1) is 0 Å². The minimum atomic E-state index is -0.421. The van der Waals surface area contributed by atoms with E-state index in [9.17, 15) is 4.79 Å². The molecule has 0 radical (unpaired) electrons. The van der Waals surface area contributed by atoms with E-state index in [-0.39, 0.29) is 11.9 Å². The number of likely N-dealkylation sites (N-methyl/N-ethyl adjacent to an activating group) is 1. The van der Waals surface area contributed by atoms with Crippen molar-refractivity contribution in [2.24, 2.45) is 0 Å². The molecular weight excluding hydrogens is 312 g/mol. The van der Waals surface area contributed by atoms with Crippen LogP contribution >= 0.6 is 0 Å². The van der Waals surface area contributed by atoms with Gasteiger partial charge in [0, 0.05) is 27.6 Å². The Bertz CT molecular complexity index is 951. The zero-order valence-electron chi connectivity index (χ0n) is 14.8. The first-order valence-electron chi connectivity index (χ1n) is 8.57. The molecule has 1 heterocycles. The fourth-order valence-electron chi connectivity index (χ4n) is 3.78. The van der Waals surface area contributed by atoms with Gasteiger partial charge in [-0.3, -0.25) is 9.63 Å². The van der Waals surface area contributed by atoms with Gasteiger partial charge in [0.2, 0.25) is 0 Å². The van der Waals surface area contributed by atoms with E-state index < -0.39 is 6.10 Å². The number of hydroxylamine groups is 2. The Balaban J connectivity index is 1.84. The largest absolute Gasteiger partial charge is 0.346 e. The van der Waals surface area contributed by atoms with Gasteiger partial charge in [0.25, 0.3) is 5.91 Å². The van der Waals surface area contributed by atoms with Crippen molar-refractivity contribution in [1.29, 1.82) is 0 Å². The van der Waals surface area contributed by atoms with Crippen LogP contribution in [0.25, 0.3) is 21.5 Å². The van der Waals surface area contributed by atoms with E-state index in [2.05, 4.69) is 54.6 Å². The van der Waals surface area contributed by atoms with Crippen LogP contribution in [-0.2, 0) is 9.63 Å². The molecule has 3 aromatic carbocycles. The molecule has 25 heavy (non-hydrogen) atoms. The summed E-state index contributed by atoms with van der Waals surface area (Å²) >= 11 is 0. The van der Waals surface area contributed by atoms with Crippen molar-refractivity contribution in [1.82, 2.24) is 9.96 Å². The Hall–Kier alpha value is -2.43. The van der Waals surface area contributed by atoms with E-state index in [1.165, 1.54) is 27.1 Å². The molecule has 1 fully saturated rings. The highest BCUT2D eigenvalue weighted by molar-refractivity contribution is 6.09. The zero-order valence-corrected chi connectivity index (χ0v) is 14.8. The molecular formula is C21H22N2O2. The maximum absolute atomic E-state index is 12.3. The molecule has 2 atom stereocenters. The van der Waals surface area contributed by atoms with E-state index in [0.717, 1.165) is 0 Å². The smallest absolute Gasteiger partial charge is 0.253 e. The molecule has 0 bridgehead atoms. The minimum Gasteiger partial charge on any atom is -0.346 e. The van der Waals surface area contributed by atoms with Gasteiger partial charge in [-0.15, -0.1) is 0 Å². The van der Waals surface area contributed by atoms with E-state index in [4.69, 9.17) is 4.84 Å². The first-order valence-corrected chi connectivity index (χ1v) is 8.57. The Morgan fingerprint density at radius 1 is 1.04 bits per heavy atom. The molecule has 1 aliphatic heterocycles. The third kappa shape index (κ3) is 2.68. The van der Waals surface area contributed by atoms with Crippen LogP contribution in [0.3, 0.4) is 0 Å². The van der Waals surface area contributed by atoms with Gasteiger partial charge in [0.05, 0.1) is 6.04 Å². The van der Waals surface area contributed by atoms with E-state index in [1.807, 2.05) is 12.1 Å². The SMILES string of the molecule is CN(C)C(=O)[C@H]1C[C@H](c2cc3ccccc3c3ccccc23)N(C)O1. The zero-order chi connectivity index (χ0) is 17.6. The molecule has 128 valence electrons. The Morgan fingerprint density at radius 3 is 2.40 bits per heavy atom. The molecule has 0 spiro atoms. The fourth-order valence-corrected chi connectivity index (χ4v) is 3.78. The molecule has 3 aromatic rings. The van der Waals surface area contributed by atoms with Crippen molar-refractivity contribution in [3.63, 3.8) is 0 Å². The van der Waals surface area contributed by atoms with Crippen molar-refractivity contribution < 1.29 is 9.63 Å². The second-order valence-corrected chi connectivity index (χ2v) is 6.86. The molecule has 1 aliphatic rings. The van der Waals surface area contributed by atoms with Gasteiger partial charge in [0.15, 0.2) is 6.10 Å². The molecule has 1 amide bonds. The lowest BCUT2D eigenvalue weighted by molar-refractivity contribution is -0.169. The normalized spacial score (nSPS) is 21.1. The Labute approximate surface area is 147 Å². The van der Waals surface area contributed by atoms with Gasteiger partial charge >= 0.3 is 0 Å². The van der Waals surface area contributed by atoms with Crippen molar-refractivity contribution >= 4 is 27.5 Å². The topological polar surface area (TPSA) is 32.8 Å². The predicted octanol–water partition coefficient (Wildman–Crippen LogP) is 3.76. The van der Waals surface area contributed by atoms with E-state index in [0.29, 0.717) is 6.42 Å². The molecule has 0 N–H and O–H groups in total. The van der Waals surface area contributed by atoms with Gasteiger partial charge < -0.3 is 4.90 Å². The second-order valence-electron chi connectivity index (χ2n) is 6.86. The van der Waals surface area contributed by atoms with Crippen molar-refractivity contribution in [3.8, 4) is 0 Å². The standard InChI is InChI=1S/C21H22N2O2/c1-22(2)21(24)20-13-19(23(3)25-20)18-12-14-8-4-5-9-15(14)16-10-6-7-11-17(16)18/h4-12,19-20H,13H2,1-3H3/t19-,20-/m1/s1. The number of hydrogen-bond donors (Lipinski definition) is 0. The summed E-state index contributed by atoms with van der Waals surface area (Å²) in [7, 11) is 5.45. The number of carbonyl (C=O) groups is 1. The summed E-state index contributed by atoms with van der Waals surface area (Å²) in [4.78, 5) is 19.8. The van der Waals surface area contributed by atoms with Gasteiger partial charge in [-0.05, 0) is 33.2 Å². The number of nitrogens with zero attached hydrogens (tertiary/aromatic N) is 2. The van der Waals surface area contributed by atoms with Gasteiger partial charge in [0.1, 0.15) is 0 Å². The third-order valence-electron chi connectivity index (χ3n) is 5.05. The van der Waals surface area contributed by atoms with Crippen molar-refractivity contribution in [2.75, 3.05) is 21.1 Å². The second kappa shape index (κ2) is 6.14. The summed E-state index contributed by atoms with van der Waals surface area (Å²) in [6.45, 7) is 0. The van der Waals surface area contributed by atoms with Crippen LogP contribution in [0.5, 0.6) is 0 Å². The number of hydrogen-bond acceptors (Lipinski definition) is 3. The monoisotopic (exact) mass is 334 g/mol. The van der Waals surface area contributed by atoms with Crippen LogP contribution in [-0.4, -0.2) is 43.1 Å². The van der Waals surface area contributed by atoms with Crippen LogP contribution in [0.1, 0.15) is 18.0 Å².